The zero-order valence-corrected chi connectivity index (χ0v) is 4.83. The molecular formula is C3H6F2O2S. The maximum absolute atomic E-state index is 11.7. The average Bonchev–Trinajstić information content (AvgIpc) is 1.65. The van der Waals surface area contributed by atoms with Gasteiger partial charge in [0.25, 0.3) is 0 Å². The van der Waals surface area contributed by atoms with Crippen molar-refractivity contribution in [2.75, 3.05) is 12.4 Å². The maximum Gasteiger partial charge on any atom is 0.155 e. The molecule has 2 nitrogen and oxygen atoms in total. The molecule has 0 aromatic heterocycles. The van der Waals surface area contributed by atoms with E-state index in [9.17, 15) is 13.0 Å². The third-order valence-corrected chi connectivity index (χ3v) is 1.14. The number of rotatable bonds is 3. The standard InChI is InChI=1S/C3H6F2O2S/c4-1-3(5)2-8(6)7/h3H,1-2H2,(H,6,7). The van der Waals surface area contributed by atoms with E-state index >= 15 is 0 Å². The molecule has 0 rings (SSSR count). The van der Waals surface area contributed by atoms with E-state index < -0.39 is 29.7 Å². The second-order valence-corrected chi connectivity index (χ2v) is 2.22. The van der Waals surface area contributed by atoms with Crippen molar-refractivity contribution in [1.29, 1.82) is 0 Å². The number of hydrogen-bond donors (Lipinski definition) is 1. The van der Waals surface area contributed by atoms with Crippen molar-refractivity contribution in [2.24, 2.45) is 0 Å². The van der Waals surface area contributed by atoms with Gasteiger partial charge in [-0.25, -0.2) is 13.0 Å². The van der Waals surface area contributed by atoms with Crippen LogP contribution in [0, 0.1) is 0 Å². The van der Waals surface area contributed by atoms with Crippen LogP contribution in [0.1, 0.15) is 0 Å². The minimum absolute atomic E-state index is 0.628. The summed E-state index contributed by atoms with van der Waals surface area (Å²) in [6.45, 7) is -1.19. The molecule has 0 bridgehead atoms. The molecule has 8 heavy (non-hydrogen) atoms. The Bertz CT molecular complexity index is 87.4. The van der Waals surface area contributed by atoms with Gasteiger partial charge in [0.1, 0.15) is 12.8 Å². The van der Waals surface area contributed by atoms with Crippen LogP contribution >= 0.6 is 0 Å². The summed E-state index contributed by atoms with van der Waals surface area (Å²) in [6, 6.07) is 0. The van der Waals surface area contributed by atoms with Gasteiger partial charge in [-0.2, -0.15) is 0 Å². The lowest BCUT2D eigenvalue weighted by molar-refractivity contribution is 0.282. The summed E-state index contributed by atoms with van der Waals surface area (Å²) in [7, 11) is 0. The fraction of sp³-hybridized carbons (Fsp3) is 1.00. The largest absolute Gasteiger partial charge is 0.306 e. The van der Waals surface area contributed by atoms with Gasteiger partial charge in [-0.1, -0.05) is 0 Å². The highest BCUT2D eigenvalue weighted by Gasteiger charge is 2.07. The van der Waals surface area contributed by atoms with Crippen molar-refractivity contribution in [2.45, 2.75) is 6.17 Å². The van der Waals surface area contributed by atoms with Gasteiger partial charge in [0.05, 0.1) is 5.75 Å². The zero-order chi connectivity index (χ0) is 6.57. The van der Waals surface area contributed by atoms with Gasteiger partial charge in [0.15, 0.2) is 11.1 Å². The zero-order valence-electron chi connectivity index (χ0n) is 4.01. The number of alkyl halides is 2. The molecule has 0 aliphatic carbocycles. The lowest BCUT2D eigenvalue weighted by atomic mass is 10.5. The minimum atomic E-state index is -2.21. The second-order valence-electron chi connectivity index (χ2n) is 1.24. The van der Waals surface area contributed by atoms with Crippen molar-refractivity contribution in [1.82, 2.24) is 0 Å². The molecule has 0 aliphatic heterocycles. The first kappa shape index (κ1) is 7.97. The Labute approximate surface area is 48.2 Å². The molecule has 5 heteroatoms. The highest BCUT2D eigenvalue weighted by Crippen LogP contribution is 1.92. The van der Waals surface area contributed by atoms with Crippen molar-refractivity contribution < 1.29 is 17.5 Å². The smallest absolute Gasteiger partial charge is 0.155 e. The van der Waals surface area contributed by atoms with Gasteiger partial charge >= 0.3 is 0 Å². The van der Waals surface area contributed by atoms with Crippen LogP contribution in [0.4, 0.5) is 8.78 Å². The molecule has 0 aliphatic rings. The van der Waals surface area contributed by atoms with E-state index in [0.717, 1.165) is 0 Å². The normalized spacial score (nSPS) is 17.9. The van der Waals surface area contributed by atoms with Gasteiger partial charge in [0.2, 0.25) is 0 Å². The molecule has 0 saturated carbocycles. The highest BCUT2D eigenvalue weighted by molar-refractivity contribution is 7.79. The molecular weight excluding hydrogens is 138 g/mol. The van der Waals surface area contributed by atoms with Crippen LogP contribution in [0.2, 0.25) is 0 Å². The summed E-state index contributed by atoms with van der Waals surface area (Å²) < 4.78 is 40.4. The van der Waals surface area contributed by atoms with E-state index in [2.05, 4.69) is 0 Å². The van der Waals surface area contributed by atoms with Crippen LogP contribution in [-0.2, 0) is 11.1 Å². The topological polar surface area (TPSA) is 37.3 Å². The first-order valence-corrected chi connectivity index (χ1v) is 3.22. The molecule has 0 aromatic rings. The van der Waals surface area contributed by atoms with E-state index in [1.165, 1.54) is 0 Å². The first-order chi connectivity index (χ1) is 3.66. The van der Waals surface area contributed by atoms with Crippen LogP contribution in [0.3, 0.4) is 0 Å². The van der Waals surface area contributed by atoms with Crippen molar-refractivity contribution in [3.05, 3.63) is 0 Å². The quantitative estimate of drug-likeness (QED) is 0.586. The molecule has 2 unspecified atom stereocenters. The van der Waals surface area contributed by atoms with Crippen LogP contribution in [-0.4, -0.2) is 27.4 Å². The fourth-order valence-electron chi connectivity index (χ4n) is 0.199. The molecule has 0 saturated heterocycles. The predicted octanol–water partition coefficient (Wildman–Crippen LogP) is 0.516. The summed E-state index contributed by atoms with van der Waals surface area (Å²) in [6.07, 6.45) is -1.79. The van der Waals surface area contributed by atoms with Crippen LogP contribution in [0.25, 0.3) is 0 Å². The SMILES string of the molecule is O=S(O)CC(F)CF. The maximum atomic E-state index is 11.7. The molecule has 0 heterocycles. The van der Waals surface area contributed by atoms with Gasteiger partial charge in [0, 0.05) is 0 Å². The third-order valence-electron chi connectivity index (χ3n) is 0.491. The molecule has 1 N–H and O–H groups in total. The van der Waals surface area contributed by atoms with Gasteiger partial charge in [-0.3, -0.25) is 0 Å². The molecule has 0 spiro atoms. The predicted molar refractivity (Wildman–Crippen MR) is 26.5 cm³/mol. The van der Waals surface area contributed by atoms with E-state index in [-0.39, 0.29) is 0 Å². The Morgan fingerprint density at radius 3 is 2.38 bits per heavy atom. The van der Waals surface area contributed by atoms with E-state index in [1.807, 2.05) is 0 Å². The monoisotopic (exact) mass is 144 g/mol. The molecule has 2 atom stereocenters. The summed E-state index contributed by atoms with van der Waals surface area (Å²) in [4.78, 5) is 0. The summed E-state index contributed by atoms with van der Waals surface area (Å²) in [5.41, 5.74) is 0. The van der Waals surface area contributed by atoms with Gasteiger partial charge in [-0.15, -0.1) is 0 Å². The summed E-state index contributed by atoms with van der Waals surface area (Å²) in [5.74, 6) is -0.628. The first-order valence-electron chi connectivity index (χ1n) is 1.94. The Balaban J connectivity index is 3.24. The van der Waals surface area contributed by atoms with Crippen LogP contribution < -0.4 is 0 Å². The summed E-state index contributed by atoms with van der Waals surface area (Å²) >= 11 is -2.21. The van der Waals surface area contributed by atoms with E-state index in [4.69, 9.17) is 4.55 Å². The second kappa shape index (κ2) is 3.91. The Morgan fingerprint density at radius 2 is 2.25 bits per heavy atom. The number of hydrogen-bond acceptors (Lipinski definition) is 1. The van der Waals surface area contributed by atoms with E-state index in [1.54, 1.807) is 0 Å². The highest BCUT2D eigenvalue weighted by atomic mass is 32.2. The van der Waals surface area contributed by atoms with Gasteiger partial charge in [-0.05, 0) is 0 Å². The lowest BCUT2D eigenvalue weighted by Gasteiger charge is -1.95. The Kier molecular flexibility index (Phi) is 3.90. The Hall–Kier alpha value is -0.0300. The summed E-state index contributed by atoms with van der Waals surface area (Å²) in [5, 5.41) is 0. The molecule has 0 amide bonds. The minimum Gasteiger partial charge on any atom is -0.306 e. The average molecular weight is 144 g/mol. The van der Waals surface area contributed by atoms with Crippen molar-refractivity contribution >= 4 is 11.1 Å². The van der Waals surface area contributed by atoms with Gasteiger partial charge < -0.3 is 4.55 Å². The fourth-order valence-corrected chi connectivity index (χ4v) is 0.598. The lowest BCUT2D eigenvalue weighted by Crippen LogP contribution is -2.12. The Morgan fingerprint density at radius 1 is 1.75 bits per heavy atom. The number of halogens is 2. The third kappa shape index (κ3) is 4.14. The van der Waals surface area contributed by atoms with Crippen LogP contribution in [0.5, 0.6) is 0 Å². The molecule has 0 aromatic carbocycles. The molecule has 50 valence electrons. The molecule has 0 fully saturated rings. The van der Waals surface area contributed by atoms with Crippen molar-refractivity contribution in [3.63, 3.8) is 0 Å². The van der Waals surface area contributed by atoms with Crippen LogP contribution in [0.15, 0.2) is 0 Å². The van der Waals surface area contributed by atoms with Crippen molar-refractivity contribution in [3.8, 4) is 0 Å². The molecule has 0 radical (unpaired) electrons. The van der Waals surface area contributed by atoms with E-state index in [0.29, 0.717) is 0 Å².